The van der Waals surface area contributed by atoms with Crippen molar-refractivity contribution in [3.63, 3.8) is 0 Å². The van der Waals surface area contributed by atoms with Crippen molar-refractivity contribution in [2.45, 2.75) is 19.3 Å². The SMILES string of the molecule is COc1cccc(Br)c1C(C)(C)C(=O)O. The molecule has 0 atom stereocenters. The molecule has 0 amide bonds. The van der Waals surface area contributed by atoms with Gasteiger partial charge in [0.15, 0.2) is 0 Å². The third kappa shape index (κ3) is 2.15. The fraction of sp³-hybridized carbons (Fsp3) is 0.364. The normalized spacial score (nSPS) is 11.2. The molecule has 0 spiro atoms. The number of hydrogen-bond acceptors (Lipinski definition) is 2. The van der Waals surface area contributed by atoms with Crippen molar-refractivity contribution in [3.05, 3.63) is 28.2 Å². The zero-order valence-electron chi connectivity index (χ0n) is 8.87. The minimum atomic E-state index is -0.981. The minimum absolute atomic E-state index is 0.580. The molecule has 0 aliphatic carbocycles. The second-order valence-electron chi connectivity index (χ2n) is 3.75. The second kappa shape index (κ2) is 4.23. The van der Waals surface area contributed by atoms with Crippen LogP contribution in [0.3, 0.4) is 0 Å². The van der Waals surface area contributed by atoms with Crippen molar-refractivity contribution in [1.82, 2.24) is 0 Å². The van der Waals surface area contributed by atoms with Crippen molar-refractivity contribution in [1.29, 1.82) is 0 Å². The fourth-order valence-electron chi connectivity index (χ4n) is 1.39. The van der Waals surface area contributed by atoms with Gasteiger partial charge in [-0.1, -0.05) is 22.0 Å². The summed E-state index contributed by atoms with van der Waals surface area (Å²) in [4.78, 5) is 11.2. The van der Waals surface area contributed by atoms with Gasteiger partial charge in [0.25, 0.3) is 0 Å². The van der Waals surface area contributed by atoms with Gasteiger partial charge in [0, 0.05) is 10.0 Å². The number of carboxylic acids is 1. The highest BCUT2D eigenvalue weighted by Crippen LogP contribution is 2.37. The molecule has 0 aliphatic heterocycles. The number of carbonyl (C=O) groups is 1. The molecule has 0 saturated carbocycles. The number of hydrogen-bond donors (Lipinski definition) is 1. The highest BCUT2D eigenvalue weighted by molar-refractivity contribution is 9.10. The lowest BCUT2D eigenvalue weighted by atomic mass is 9.84. The maximum absolute atomic E-state index is 11.2. The molecular weight excluding hydrogens is 260 g/mol. The number of carboxylic acid groups (broad SMARTS) is 1. The zero-order valence-corrected chi connectivity index (χ0v) is 10.5. The molecule has 1 aromatic carbocycles. The molecule has 4 heteroatoms. The monoisotopic (exact) mass is 272 g/mol. The first kappa shape index (κ1) is 12.0. The zero-order chi connectivity index (χ0) is 11.6. The fourth-order valence-corrected chi connectivity index (χ4v) is 2.23. The van der Waals surface area contributed by atoms with E-state index in [4.69, 9.17) is 9.84 Å². The van der Waals surface area contributed by atoms with E-state index in [1.165, 1.54) is 7.11 Å². The van der Waals surface area contributed by atoms with Crippen molar-refractivity contribution >= 4 is 21.9 Å². The summed E-state index contributed by atoms with van der Waals surface area (Å²) >= 11 is 3.35. The van der Waals surface area contributed by atoms with Gasteiger partial charge in [0.2, 0.25) is 0 Å². The molecule has 3 nitrogen and oxygen atoms in total. The van der Waals surface area contributed by atoms with Crippen LogP contribution in [0.1, 0.15) is 19.4 Å². The molecule has 0 aromatic heterocycles. The maximum Gasteiger partial charge on any atom is 0.313 e. The summed E-state index contributed by atoms with van der Waals surface area (Å²) in [5.74, 6) is -0.301. The van der Waals surface area contributed by atoms with Crippen LogP contribution in [-0.2, 0) is 10.2 Å². The summed E-state index contributed by atoms with van der Waals surface area (Å²) in [5, 5.41) is 9.16. The van der Waals surface area contributed by atoms with Crippen LogP contribution in [0.2, 0.25) is 0 Å². The Morgan fingerprint density at radius 1 is 1.47 bits per heavy atom. The largest absolute Gasteiger partial charge is 0.496 e. The van der Waals surface area contributed by atoms with E-state index >= 15 is 0 Å². The predicted octanol–water partition coefficient (Wildman–Crippen LogP) is 2.82. The van der Waals surface area contributed by atoms with Gasteiger partial charge in [-0.3, -0.25) is 4.79 Å². The first-order valence-corrected chi connectivity index (χ1v) is 5.27. The van der Waals surface area contributed by atoms with E-state index in [-0.39, 0.29) is 0 Å². The molecule has 0 saturated heterocycles. The van der Waals surface area contributed by atoms with Crippen LogP contribution in [0.25, 0.3) is 0 Å². The van der Waals surface area contributed by atoms with Crippen LogP contribution in [0.4, 0.5) is 0 Å². The Morgan fingerprint density at radius 3 is 2.53 bits per heavy atom. The van der Waals surface area contributed by atoms with Crippen LogP contribution < -0.4 is 4.74 Å². The Hall–Kier alpha value is -1.03. The van der Waals surface area contributed by atoms with Crippen molar-refractivity contribution in [2.24, 2.45) is 0 Å². The predicted molar refractivity (Wildman–Crippen MR) is 61.4 cm³/mol. The van der Waals surface area contributed by atoms with E-state index in [9.17, 15) is 4.79 Å². The smallest absolute Gasteiger partial charge is 0.313 e. The van der Waals surface area contributed by atoms with E-state index in [0.29, 0.717) is 11.3 Å². The van der Waals surface area contributed by atoms with E-state index < -0.39 is 11.4 Å². The standard InChI is InChI=1S/C11H13BrO3/c1-11(2,10(13)14)9-7(12)5-4-6-8(9)15-3/h4-6H,1-3H3,(H,13,14). The lowest BCUT2D eigenvalue weighted by Gasteiger charge is -2.23. The molecular formula is C11H13BrO3. The van der Waals surface area contributed by atoms with Gasteiger partial charge in [-0.15, -0.1) is 0 Å². The van der Waals surface area contributed by atoms with Crippen LogP contribution in [0.5, 0.6) is 5.75 Å². The molecule has 1 aromatic rings. The van der Waals surface area contributed by atoms with Crippen LogP contribution in [-0.4, -0.2) is 18.2 Å². The molecule has 0 fully saturated rings. The average Bonchev–Trinajstić information content (AvgIpc) is 2.16. The Kier molecular flexibility index (Phi) is 3.39. The first-order valence-electron chi connectivity index (χ1n) is 4.47. The van der Waals surface area contributed by atoms with Gasteiger partial charge >= 0.3 is 5.97 Å². The molecule has 15 heavy (non-hydrogen) atoms. The maximum atomic E-state index is 11.2. The molecule has 1 rings (SSSR count). The highest BCUT2D eigenvalue weighted by Gasteiger charge is 2.34. The van der Waals surface area contributed by atoms with Crippen LogP contribution in [0.15, 0.2) is 22.7 Å². The molecule has 0 heterocycles. The van der Waals surface area contributed by atoms with Crippen molar-refractivity contribution < 1.29 is 14.6 Å². The van der Waals surface area contributed by atoms with E-state index in [2.05, 4.69) is 15.9 Å². The van der Waals surface area contributed by atoms with Crippen molar-refractivity contribution in [3.8, 4) is 5.75 Å². The molecule has 1 N–H and O–H groups in total. The van der Waals surface area contributed by atoms with E-state index in [1.807, 2.05) is 12.1 Å². The molecule has 0 bridgehead atoms. The number of aliphatic carboxylic acids is 1. The van der Waals surface area contributed by atoms with Crippen LogP contribution in [0, 0.1) is 0 Å². The Bertz CT molecular complexity index is 385. The minimum Gasteiger partial charge on any atom is -0.496 e. The second-order valence-corrected chi connectivity index (χ2v) is 4.60. The van der Waals surface area contributed by atoms with Gasteiger partial charge in [0.05, 0.1) is 12.5 Å². The number of rotatable bonds is 3. The van der Waals surface area contributed by atoms with Crippen molar-refractivity contribution in [2.75, 3.05) is 7.11 Å². The average molecular weight is 273 g/mol. The first-order chi connectivity index (χ1) is 6.91. The number of halogens is 1. The van der Waals surface area contributed by atoms with Gasteiger partial charge in [0.1, 0.15) is 5.75 Å². The molecule has 0 radical (unpaired) electrons. The lowest BCUT2D eigenvalue weighted by molar-refractivity contribution is -0.142. The number of benzene rings is 1. The van der Waals surface area contributed by atoms with Gasteiger partial charge < -0.3 is 9.84 Å². The van der Waals surface area contributed by atoms with E-state index in [1.54, 1.807) is 19.9 Å². The summed E-state index contributed by atoms with van der Waals surface area (Å²) in [6.07, 6.45) is 0. The van der Waals surface area contributed by atoms with Gasteiger partial charge in [-0.2, -0.15) is 0 Å². The Morgan fingerprint density at radius 2 is 2.07 bits per heavy atom. The molecule has 82 valence electrons. The molecule has 0 unspecified atom stereocenters. The lowest BCUT2D eigenvalue weighted by Crippen LogP contribution is -2.29. The molecule has 0 aliphatic rings. The summed E-state index contributed by atoms with van der Waals surface area (Å²) in [5.41, 5.74) is -0.328. The third-order valence-electron chi connectivity index (χ3n) is 2.35. The quantitative estimate of drug-likeness (QED) is 0.921. The summed E-state index contributed by atoms with van der Waals surface area (Å²) in [6, 6.07) is 5.37. The van der Waals surface area contributed by atoms with E-state index in [0.717, 1.165) is 4.47 Å². The topological polar surface area (TPSA) is 46.5 Å². The van der Waals surface area contributed by atoms with Gasteiger partial charge in [-0.05, 0) is 26.0 Å². The van der Waals surface area contributed by atoms with Crippen LogP contribution >= 0.6 is 15.9 Å². The van der Waals surface area contributed by atoms with Gasteiger partial charge in [-0.25, -0.2) is 0 Å². The Balaban J connectivity index is 3.41. The Labute approximate surface area is 97.2 Å². The number of ether oxygens (including phenoxy) is 1. The summed E-state index contributed by atoms with van der Waals surface area (Å²) in [6.45, 7) is 3.30. The summed E-state index contributed by atoms with van der Waals surface area (Å²) in [7, 11) is 1.53. The third-order valence-corrected chi connectivity index (χ3v) is 3.02. The highest BCUT2D eigenvalue weighted by atomic mass is 79.9. The summed E-state index contributed by atoms with van der Waals surface area (Å²) < 4.78 is 5.91. The number of methoxy groups -OCH3 is 1.